The van der Waals surface area contributed by atoms with Crippen LogP contribution in [0.2, 0.25) is 0 Å². The number of benzene rings is 1. The fourth-order valence-electron chi connectivity index (χ4n) is 2.91. The molecule has 24 heavy (non-hydrogen) atoms. The van der Waals surface area contributed by atoms with Gasteiger partial charge in [0.15, 0.2) is 0 Å². The van der Waals surface area contributed by atoms with Crippen molar-refractivity contribution in [3.63, 3.8) is 0 Å². The molecule has 0 saturated carbocycles. The summed E-state index contributed by atoms with van der Waals surface area (Å²) in [6, 6.07) is 11.5. The molecule has 1 aromatic heterocycles. The van der Waals surface area contributed by atoms with Crippen LogP contribution in [0, 0.1) is 10.8 Å². The highest BCUT2D eigenvalue weighted by Crippen LogP contribution is 2.21. The summed E-state index contributed by atoms with van der Waals surface area (Å²) >= 11 is 0. The van der Waals surface area contributed by atoms with Crippen molar-refractivity contribution >= 4 is 22.9 Å². The molecular weight excluding hydrogens is 300 g/mol. The standard InChI is InChI=1S/C18H22N6/c19-16(17(20)14-5-3-9-23-18(14)21)13-4-1-2-6-15(13)24-12-7-10-22-11-8-12/h1-6,9,12,19-20,22,24H,7-8,10-11H2,(H2,21,23). The Morgan fingerprint density at radius 2 is 1.71 bits per heavy atom. The van der Waals surface area contributed by atoms with Crippen LogP contribution in [0.4, 0.5) is 11.5 Å². The first-order chi connectivity index (χ1) is 11.7. The number of nitrogen functional groups attached to an aromatic ring is 1. The van der Waals surface area contributed by atoms with Crippen LogP contribution >= 0.6 is 0 Å². The summed E-state index contributed by atoms with van der Waals surface area (Å²) in [6.45, 7) is 2.00. The van der Waals surface area contributed by atoms with Crippen molar-refractivity contribution in [3.8, 4) is 0 Å². The van der Waals surface area contributed by atoms with Crippen LogP contribution in [0.5, 0.6) is 0 Å². The molecule has 1 aromatic carbocycles. The van der Waals surface area contributed by atoms with Crippen molar-refractivity contribution in [2.45, 2.75) is 18.9 Å². The van der Waals surface area contributed by atoms with Crippen LogP contribution < -0.4 is 16.4 Å². The lowest BCUT2D eigenvalue weighted by molar-refractivity contribution is 0.479. The predicted octanol–water partition coefficient (Wildman–Crippen LogP) is 2.26. The summed E-state index contributed by atoms with van der Waals surface area (Å²) in [5, 5.41) is 23.7. The molecule has 6 heteroatoms. The number of rotatable bonds is 5. The number of para-hydroxylation sites is 1. The van der Waals surface area contributed by atoms with E-state index in [-0.39, 0.29) is 17.2 Å². The fourth-order valence-corrected chi connectivity index (χ4v) is 2.91. The number of hydrogen-bond donors (Lipinski definition) is 5. The SMILES string of the molecule is N=C(C(=N)c1cccnc1N)c1ccccc1NC1CCNCC1. The Kier molecular flexibility index (Phi) is 4.86. The van der Waals surface area contributed by atoms with Gasteiger partial charge in [-0.05, 0) is 44.1 Å². The Hall–Kier alpha value is -2.73. The van der Waals surface area contributed by atoms with Crippen molar-refractivity contribution in [1.82, 2.24) is 10.3 Å². The molecule has 6 N–H and O–H groups in total. The van der Waals surface area contributed by atoms with E-state index in [9.17, 15) is 0 Å². The zero-order valence-corrected chi connectivity index (χ0v) is 13.5. The second-order valence-electron chi connectivity index (χ2n) is 5.90. The second kappa shape index (κ2) is 7.23. The van der Waals surface area contributed by atoms with Crippen LogP contribution in [0.15, 0.2) is 42.6 Å². The van der Waals surface area contributed by atoms with Gasteiger partial charge >= 0.3 is 0 Å². The summed E-state index contributed by atoms with van der Waals surface area (Å²) in [7, 11) is 0. The monoisotopic (exact) mass is 322 g/mol. The molecule has 0 aliphatic carbocycles. The van der Waals surface area contributed by atoms with Gasteiger partial charge < -0.3 is 16.4 Å². The number of nitrogens with two attached hydrogens (primary N) is 1. The molecule has 1 saturated heterocycles. The van der Waals surface area contributed by atoms with Crippen LogP contribution in [0.3, 0.4) is 0 Å². The van der Waals surface area contributed by atoms with Gasteiger partial charge in [0.05, 0.1) is 11.4 Å². The third kappa shape index (κ3) is 3.44. The molecule has 2 heterocycles. The molecule has 1 aliphatic heterocycles. The van der Waals surface area contributed by atoms with E-state index in [1.807, 2.05) is 24.3 Å². The predicted molar refractivity (Wildman–Crippen MR) is 98.3 cm³/mol. The number of pyridine rings is 1. The molecule has 2 aromatic rings. The molecule has 0 bridgehead atoms. The lowest BCUT2D eigenvalue weighted by Crippen LogP contribution is -2.35. The van der Waals surface area contributed by atoms with E-state index in [1.54, 1.807) is 18.3 Å². The van der Waals surface area contributed by atoms with Gasteiger partial charge in [0, 0.05) is 29.1 Å². The minimum absolute atomic E-state index is 0.0835. The summed E-state index contributed by atoms with van der Waals surface area (Å²) < 4.78 is 0. The quantitative estimate of drug-likeness (QED) is 0.544. The number of piperidine rings is 1. The third-order valence-electron chi connectivity index (χ3n) is 4.25. The van der Waals surface area contributed by atoms with E-state index >= 15 is 0 Å². The average Bonchev–Trinajstić information content (AvgIpc) is 2.62. The van der Waals surface area contributed by atoms with Crippen molar-refractivity contribution in [1.29, 1.82) is 10.8 Å². The smallest absolute Gasteiger partial charge is 0.132 e. The van der Waals surface area contributed by atoms with Crippen molar-refractivity contribution in [2.24, 2.45) is 0 Å². The van der Waals surface area contributed by atoms with Crippen molar-refractivity contribution in [3.05, 3.63) is 53.7 Å². The molecule has 0 atom stereocenters. The zero-order chi connectivity index (χ0) is 16.9. The molecule has 124 valence electrons. The van der Waals surface area contributed by atoms with E-state index in [0.29, 0.717) is 17.2 Å². The van der Waals surface area contributed by atoms with Gasteiger partial charge in [0.1, 0.15) is 5.82 Å². The van der Waals surface area contributed by atoms with E-state index in [4.69, 9.17) is 16.6 Å². The third-order valence-corrected chi connectivity index (χ3v) is 4.25. The first-order valence-corrected chi connectivity index (χ1v) is 8.12. The molecule has 0 amide bonds. The Balaban J connectivity index is 1.84. The van der Waals surface area contributed by atoms with Crippen LogP contribution in [0.1, 0.15) is 24.0 Å². The molecule has 3 rings (SSSR count). The molecule has 0 unspecified atom stereocenters. The van der Waals surface area contributed by atoms with Gasteiger partial charge in [-0.3, -0.25) is 10.8 Å². The Morgan fingerprint density at radius 1 is 1.04 bits per heavy atom. The number of aromatic nitrogens is 1. The van der Waals surface area contributed by atoms with Gasteiger partial charge in [-0.25, -0.2) is 4.98 Å². The maximum absolute atomic E-state index is 8.47. The second-order valence-corrected chi connectivity index (χ2v) is 5.90. The van der Waals surface area contributed by atoms with E-state index in [2.05, 4.69) is 15.6 Å². The largest absolute Gasteiger partial charge is 0.383 e. The van der Waals surface area contributed by atoms with Gasteiger partial charge in [-0.1, -0.05) is 18.2 Å². The molecule has 0 radical (unpaired) electrons. The van der Waals surface area contributed by atoms with Gasteiger partial charge in [-0.2, -0.15) is 0 Å². The summed E-state index contributed by atoms with van der Waals surface area (Å²) in [5.74, 6) is 0.274. The van der Waals surface area contributed by atoms with Gasteiger partial charge in [-0.15, -0.1) is 0 Å². The molecule has 1 fully saturated rings. The minimum atomic E-state index is 0.0835. The summed E-state index contributed by atoms with van der Waals surface area (Å²) in [5.41, 5.74) is 8.17. The molecule has 0 spiro atoms. The molecule has 6 nitrogen and oxygen atoms in total. The minimum Gasteiger partial charge on any atom is -0.383 e. The summed E-state index contributed by atoms with van der Waals surface area (Å²) in [6.07, 6.45) is 3.69. The first kappa shape index (κ1) is 16.1. The number of hydrogen-bond acceptors (Lipinski definition) is 6. The maximum Gasteiger partial charge on any atom is 0.132 e. The Morgan fingerprint density at radius 3 is 2.46 bits per heavy atom. The highest BCUT2D eigenvalue weighted by molar-refractivity contribution is 6.52. The highest BCUT2D eigenvalue weighted by atomic mass is 15.0. The Labute approximate surface area is 141 Å². The van der Waals surface area contributed by atoms with E-state index < -0.39 is 0 Å². The van der Waals surface area contributed by atoms with Crippen molar-refractivity contribution < 1.29 is 0 Å². The molecule has 1 aliphatic rings. The van der Waals surface area contributed by atoms with E-state index in [1.165, 1.54) is 0 Å². The summed E-state index contributed by atoms with van der Waals surface area (Å²) in [4.78, 5) is 4.01. The maximum atomic E-state index is 8.47. The normalized spacial score (nSPS) is 15.0. The Bertz CT molecular complexity index is 749. The topological polar surface area (TPSA) is 111 Å². The fraction of sp³-hybridized carbons (Fsp3) is 0.278. The van der Waals surface area contributed by atoms with Crippen LogP contribution in [-0.4, -0.2) is 35.5 Å². The number of anilines is 2. The van der Waals surface area contributed by atoms with Crippen LogP contribution in [-0.2, 0) is 0 Å². The van der Waals surface area contributed by atoms with Gasteiger partial charge in [0.25, 0.3) is 0 Å². The zero-order valence-electron chi connectivity index (χ0n) is 13.5. The number of nitrogens with zero attached hydrogens (tertiary/aromatic N) is 1. The van der Waals surface area contributed by atoms with Crippen molar-refractivity contribution in [2.75, 3.05) is 24.1 Å². The molecular formula is C18H22N6. The van der Waals surface area contributed by atoms with E-state index in [0.717, 1.165) is 31.6 Å². The average molecular weight is 322 g/mol. The van der Waals surface area contributed by atoms with Gasteiger partial charge in [0.2, 0.25) is 0 Å². The van der Waals surface area contributed by atoms with Crippen LogP contribution in [0.25, 0.3) is 0 Å². The number of nitrogens with one attached hydrogen (secondary N) is 4. The first-order valence-electron chi connectivity index (χ1n) is 8.12. The lowest BCUT2D eigenvalue weighted by atomic mass is 9.98. The highest BCUT2D eigenvalue weighted by Gasteiger charge is 2.19. The lowest BCUT2D eigenvalue weighted by Gasteiger charge is -2.26.